The molecule has 0 amide bonds. The van der Waals surface area contributed by atoms with Gasteiger partial charge in [0, 0.05) is 23.5 Å². The highest BCUT2D eigenvalue weighted by atomic mass is 16.5. The van der Waals surface area contributed by atoms with Crippen molar-refractivity contribution < 1.29 is 9.53 Å². The predicted octanol–water partition coefficient (Wildman–Crippen LogP) is 1.60. The number of esters is 1. The zero-order valence-electron chi connectivity index (χ0n) is 8.23. The Kier molecular flexibility index (Phi) is 2.25. The fourth-order valence-corrected chi connectivity index (χ4v) is 1.44. The van der Waals surface area contributed by atoms with Crippen molar-refractivity contribution in [1.29, 1.82) is 0 Å². The smallest absolute Gasteiger partial charge is 0.339 e. The minimum Gasteiger partial charge on any atom is -0.465 e. The topological polar surface area (TPSA) is 65.2 Å². The maximum absolute atomic E-state index is 11.4. The van der Waals surface area contributed by atoms with Gasteiger partial charge < -0.3 is 10.5 Å². The first-order chi connectivity index (χ1) is 7.22. The van der Waals surface area contributed by atoms with Gasteiger partial charge in [-0.1, -0.05) is 0 Å². The lowest BCUT2D eigenvalue weighted by Gasteiger charge is -2.05. The molecule has 4 heteroatoms. The van der Waals surface area contributed by atoms with E-state index < -0.39 is 5.97 Å². The summed E-state index contributed by atoms with van der Waals surface area (Å²) >= 11 is 0. The minimum atomic E-state index is -0.432. The van der Waals surface area contributed by atoms with Gasteiger partial charge in [-0.25, -0.2) is 4.79 Å². The van der Waals surface area contributed by atoms with Gasteiger partial charge in [0.1, 0.15) is 0 Å². The first kappa shape index (κ1) is 9.45. The summed E-state index contributed by atoms with van der Waals surface area (Å²) in [7, 11) is 1.33. The van der Waals surface area contributed by atoms with Gasteiger partial charge in [0.25, 0.3) is 0 Å². The molecule has 0 spiro atoms. The second kappa shape index (κ2) is 3.57. The van der Waals surface area contributed by atoms with E-state index in [9.17, 15) is 4.79 Å². The maximum atomic E-state index is 11.4. The molecule has 0 fully saturated rings. The summed E-state index contributed by atoms with van der Waals surface area (Å²) in [6, 6.07) is 5.26. The zero-order valence-corrected chi connectivity index (χ0v) is 8.23. The molecule has 0 aliphatic carbocycles. The second-order valence-electron chi connectivity index (χ2n) is 3.15. The Hall–Kier alpha value is -2.10. The van der Waals surface area contributed by atoms with E-state index in [0.717, 1.165) is 10.8 Å². The van der Waals surface area contributed by atoms with Crippen molar-refractivity contribution in [3.8, 4) is 0 Å². The number of rotatable bonds is 1. The van der Waals surface area contributed by atoms with Gasteiger partial charge in [-0.3, -0.25) is 4.98 Å². The molecule has 1 heterocycles. The van der Waals surface area contributed by atoms with Crippen LogP contribution in [0.5, 0.6) is 0 Å². The number of nitrogen functional groups attached to an aromatic ring is 1. The molecule has 0 bridgehead atoms. The van der Waals surface area contributed by atoms with Crippen LogP contribution in [-0.2, 0) is 4.74 Å². The molecule has 1 aromatic carbocycles. The summed E-state index contributed by atoms with van der Waals surface area (Å²) in [5.41, 5.74) is 6.53. The largest absolute Gasteiger partial charge is 0.465 e. The Morgan fingerprint density at radius 1 is 1.40 bits per heavy atom. The van der Waals surface area contributed by atoms with Crippen LogP contribution in [0.15, 0.2) is 30.6 Å². The molecule has 4 nitrogen and oxygen atoms in total. The van der Waals surface area contributed by atoms with Crippen molar-refractivity contribution in [2.45, 2.75) is 0 Å². The summed E-state index contributed by atoms with van der Waals surface area (Å²) in [6.07, 6.45) is 3.36. The van der Waals surface area contributed by atoms with E-state index in [-0.39, 0.29) is 0 Å². The van der Waals surface area contributed by atoms with E-state index >= 15 is 0 Å². The van der Waals surface area contributed by atoms with E-state index in [1.807, 2.05) is 6.07 Å². The van der Waals surface area contributed by atoms with Gasteiger partial charge in [-0.05, 0) is 23.6 Å². The molecule has 0 radical (unpaired) electrons. The average Bonchev–Trinajstić information content (AvgIpc) is 2.27. The summed E-state index contributed by atoms with van der Waals surface area (Å²) in [4.78, 5) is 15.3. The maximum Gasteiger partial charge on any atom is 0.339 e. The van der Waals surface area contributed by atoms with Crippen molar-refractivity contribution in [2.75, 3.05) is 12.8 Å². The Balaban J connectivity index is 2.67. The van der Waals surface area contributed by atoms with Crippen molar-refractivity contribution >= 4 is 22.4 Å². The number of carbonyl (C=O) groups excluding carboxylic acids is 1. The van der Waals surface area contributed by atoms with E-state index in [1.54, 1.807) is 24.5 Å². The van der Waals surface area contributed by atoms with E-state index in [4.69, 9.17) is 5.73 Å². The number of aromatic nitrogens is 1. The highest BCUT2D eigenvalue weighted by Crippen LogP contribution is 2.21. The monoisotopic (exact) mass is 202 g/mol. The van der Waals surface area contributed by atoms with Crippen molar-refractivity contribution in [3.63, 3.8) is 0 Å². The normalized spacial score (nSPS) is 10.2. The van der Waals surface area contributed by atoms with Gasteiger partial charge in [0.2, 0.25) is 0 Å². The molecule has 2 aromatic rings. The Morgan fingerprint density at radius 2 is 2.20 bits per heavy atom. The van der Waals surface area contributed by atoms with Crippen LogP contribution in [0.2, 0.25) is 0 Å². The third kappa shape index (κ3) is 1.61. The molecule has 76 valence electrons. The number of ether oxygens (including phenoxy) is 1. The quantitative estimate of drug-likeness (QED) is 0.563. The number of hydrogen-bond donors (Lipinski definition) is 1. The van der Waals surface area contributed by atoms with Crippen LogP contribution >= 0.6 is 0 Å². The van der Waals surface area contributed by atoms with Crippen LogP contribution in [-0.4, -0.2) is 18.1 Å². The van der Waals surface area contributed by atoms with Crippen LogP contribution in [0.1, 0.15) is 10.4 Å². The molecular weight excluding hydrogens is 192 g/mol. The number of nitrogens with two attached hydrogens (primary N) is 1. The van der Waals surface area contributed by atoms with Crippen molar-refractivity contribution in [1.82, 2.24) is 4.98 Å². The van der Waals surface area contributed by atoms with Crippen LogP contribution < -0.4 is 5.73 Å². The van der Waals surface area contributed by atoms with Gasteiger partial charge in [0.15, 0.2) is 0 Å². The molecule has 15 heavy (non-hydrogen) atoms. The van der Waals surface area contributed by atoms with Gasteiger partial charge in [0.05, 0.1) is 12.7 Å². The van der Waals surface area contributed by atoms with Crippen LogP contribution in [0, 0.1) is 0 Å². The standard InChI is InChI=1S/C11H10N2O2/c1-15-11(14)9-4-8-6-13-3-2-7(8)5-10(9)12/h2-6H,12H2,1H3. The molecule has 2 N–H and O–H groups in total. The third-order valence-corrected chi connectivity index (χ3v) is 2.21. The number of anilines is 1. The highest BCUT2D eigenvalue weighted by Gasteiger charge is 2.10. The third-order valence-electron chi connectivity index (χ3n) is 2.21. The fraction of sp³-hybridized carbons (Fsp3) is 0.0909. The summed E-state index contributed by atoms with van der Waals surface area (Å²) < 4.78 is 4.63. The van der Waals surface area contributed by atoms with Crippen LogP contribution in [0.4, 0.5) is 5.69 Å². The zero-order chi connectivity index (χ0) is 10.8. The van der Waals surface area contributed by atoms with E-state index in [1.165, 1.54) is 7.11 Å². The molecular formula is C11H10N2O2. The molecule has 0 aliphatic heterocycles. The summed E-state index contributed by atoms with van der Waals surface area (Å²) in [5, 5.41) is 1.82. The molecule has 0 atom stereocenters. The van der Waals surface area contributed by atoms with Crippen molar-refractivity contribution in [3.05, 3.63) is 36.2 Å². The first-order valence-electron chi connectivity index (χ1n) is 4.44. The molecule has 0 unspecified atom stereocenters. The predicted molar refractivity (Wildman–Crippen MR) is 57.5 cm³/mol. The van der Waals surface area contributed by atoms with Gasteiger partial charge >= 0.3 is 5.97 Å². The highest BCUT2D eigenvalue weighted by molar-refractivity contribution is 6.00. The second-order valence-corrected chi connectivity index (χ2v) is 3.15. The number of benzene rings is 1. The van der Waals surface area contributed by atoms with Gasteiger partial charge in [-0.2, -0.15) is 0 Å². The lowest BCUT2D eigenvalue weighted by molar-refractivity contribution is 0.0602. The van der Waals surface area contributed by atoms with E-state index in [0.29, 0.717) is 11.3 Å². The van der Waals surface area contributed by atoms with Crippen LogP contribution in [0.25, 0.3) is 10.8 Å². The molecule has 0 saturated heterocycles. The Bertz CT molecular complexity index is 523. The number of methoxy groups -OCH3 is 1. The minimum absolute atomic E-state index is 0.373. The average molecular weight is 202 g/mol. The number of fused-ring (bicyclic) bond motifs is 1. The molecule has 0 saturated carbocycles. The molecule has 2 rings (SSSR count). The van der Waals surface area contributed by atoms with E-state index in [2.05, 4.69) is 9.72 Å². The molecule has 0 aliphatic rings. The van der Waals surface area contributed by atoms with Crippen LogP contribution in [0.3, 0.4) is 0 Å². The molecule has 1 aromatic heterocycles. The number of hydrogen-bond acceptors (Lipinski definition) is 4. The fourth-order valence-electron chi connectivity index (χ4n) is 1.44. The Morgan fingerprint density at radius 3 is 2.93 bits per heavy atom. The SMILES string of the molecule is COC(=O)c1cc2cnccc2cc1N. The first-order valence-corrected chi connectivity index (χ1v) is 4.44. The number of nitrogens with zero attached hydrogens (tertiary/aromatic N) is 1. The lowest BCUT2D eigenvalue weighted by atomic mass is 10.1. The van der Waals surface area contributed by atoms with Gasteiger partial charge in [-0.15, -0.1) is 0 Å². The lowest BCUT2D eigenvalue weighted by Crippen LogP contribution is -2.05. The Labute approximate surface area is 86.7 Å². The number of pyridine rings is 1. The summed E-state index contributed by atoms with van der Waals surface area (Å²) in [6.45, 7) is 0. The van der Waals surface area contributed by atoms with Crippen molar-refractivity contribution in [2.24, 2.45) is 0 Å². The number of carbonyl (C=O) groups is 1. The summed E-state index contributed by atoms with van der Waals surface area (Å²) in [5.74, 6) is -0.432.